The molecule has 0 saturated heterocycles. The second-order valence-electron chi connectivity index (χ2n) is 5.53. The van der Waals surface area contributed by atoms with E-state index in [9.17, 15) is 0 Å². The van der Waals surface area contributed by atoms with E-state index in [1.54, 1.807) is 11.3 Å². The highest BCUT2D eigenvalue weighted by atomic mass is 32.1. The van der Waals surface area contributed by atoms with Crippen LogP contribution in [0.2, 0.25) is 0 Å². The molecule has 2 aromatic heterocycles. The van der Waals surface area contributed by atoms with Crippen LogP contribution < -0.4 is 5.32 Å². The summed E-state index contributed by atoms with van der Waals surface area (Å²) in [4.78, 5) is 9.04. The fourth-order valence-electron chi connectivity index (χ4n) is 2.63. The van der Waals surface area contributed by atoms with Gasteiger partial charge in [0.05, 0.1) is 15.2 Å². The van der Waals surface area contributed by atoms with Gasteiger partial charge in [0.1, 0.15) is 5.82 Å². The zero-order valence-electron chi connectivity index (χ0n) is 13.1. The average molecular weight is 314 g/mol. The van der Waals surface area contributed by atoms with E-state index in [-0.39, 0.29) is 0 Å². The maximum Gasteiger partial charge on any atom is 0.108 e. The predicted molar refractivity (Wildman–Crippen MR) is 92.4 cm³/mol. The van der Waals surface area contributed by atoms with Gasteiger partial charge in [-0.15, -0.1) is 11.3 Å². The van der Waals surface area contributed by atoms with Crippen molar-refractivity contribution in [3.8, 4) is 0 Å². The van der Waals surface area contributed by atoms with E-state index in [1.165, 1.54) is 9.71 Å². The molecule has 3 rings (SSSR count). The predicted octanol–water partition coefficient (Wildman–Crippen LogP) is 3.28. The summed E-state index contributed by atoms with van der Waals surface area (Å²) in [6.45, 7) is 6.28. The molecule has 4 nitrogen and oxygen atoms in total. The first-order valence-electron chi connectivity index (χ1n) is 7.84. The van der Waals surface area contributed by atoms with Crippen molar-refractivity contribution in [3.63, 3.8) is 0 Å². The number of hydrogen-bond donors (Lipinski definition) is 1. The van der Waals surface area contributed by atoms with Crippen LogP contribution in [-0.2, 0) is 19.4 Å². The molecule has 0 aliphatic carbocycles. The summed E-state index contributed by atoms with van der Waals surface area (Å²) < 4.78 is 3.51. The van der Waals surface area contributed by atoms with Gasteiger partial charge in [0.2, 0.25) is 0 Å². The van der Waals surface area contributed by atoms with Crippen LogP contribution >= 0.6 is 11.3 Å². The van der Waals surface area contributed by atoms with Crippen molar-refractivity contribution in [3.05, 3.63) is 47.5 Å². The molecule has 1 atom stereocenters. The van der Waals surface area contributed by atoms with Gasteiger partial charge in [0.25, 0.3) is 0 Å². The fourth-order valence-corrected chi connectivity index (χ4v) is 3.60. The molecule has 22 heavy (non-hydrogen) atoms. The highest BCUT2D eigenvalue weighted by Crippen LogP contribution is 2.21. The first kappa shape index (κ1) is 15.2. The normalized spacial score (nSPS) is 12.8. The number of fused-ring (bicyclic) bond motifs is 1. The monoisotopic (exact) mass is 314 g/mol. The Hall–Kier alpha value is -1.72. The number of rotatable bonds is 7. The Morgan fingerprint density at radius 1 is 1.32 bits per heavy atom. The minimum Gasteiger partial charge on any atom is -0.333 e. The van der Waals surface area contributed by atoms with E-state index in [0.717, 1.165) is 37.3 Å². The summed E-state index contributed by atoms with van der Waals surface area (Å²) in [5.41, 5.74) is 1.11. The molecule has 0 aliphatic rings. The van der Waals surface area contributed by atoms with Crippen molar-refractivity contribution >= 4 is 21.6 Å². The van der Waals surface area contributed by atoms with E-state index < -0.39 is 0 Å². The molecule has 1 N–H and O–H groups in total. The van der Waals surface area contributed by atoms with E-state index in [1.807, 2.05) is 12.3 Å². The number of hydrogen-bond acceptors (Lipinski definition) is 4. The lowest BCUT2D eigenvalue weighted by Gasteiger charge is -2.15. The van der Waals surface area contributed by atoms with E-state index in [4.69, 9.17) is 0 Å². The van der Waals surface area contributed by atoms with E-state index in [0.29, 0.717) is 6.04 Å². The molecule has 0 radical (unpaired) electrons. The van der Waals surface area contributed by atoms with Gasteiger partial charge in [-0.25, -0.2) is 9.97 Å². The summed E-state index contributed by atoms with van der Waals surface area (Å²) in [6.07, 6.45) is 5.90. The van der Waals surface area contributed by atoms with Gasteiger partial charge in [0.15, 0.2) is 0 Å². The van der Waals surface area contributed by atoms with Crippen molar-refractivity contribution < 1.29 is 0 Å². The smallest absolute Gasteiger partial charge is 0.108 e. The van der Waals surface area contributed by atoms with Crippen LogP contribution in [0.15, 0.2) is 36.7 Å². The molecule has 0 bridgehead atoms. The summed E-state index contributed by atoms with van der Waals surface area (Å²) in [5, 5.41) is 4.79. The summed E-state index contributed by atoms with van der Waals surface area (Å²) in [6, 6.07) is 8.76. The molecule has 0 fully saturated rings. The van der Waals surface area contributed by atoms with Crippen molar-refractivity contribution in [1.82, 2.24) is 19.9 Å². The van der Waals surface area contributed by atoms with Crippen LogP contribution in [0.5, 0.6) is 0 Å². The zero-order valence-corrected chi connectivity index (χ0v) is 13.9. The minimum atomic E-state index is 0.425. The van der Waals surface area contributed by atoms with Crippen molar-refractivity contribution in [1.29, 1.82) is 0 Å². The second-order valence-corrected chi connectivity index (χ2v) is 6.65. The van der Waals surface area contributed by atoms with Crippen LogP contribution in [-0.4, -0.2) is 27.1 Å². The Kier molecular flexibility index (Phi) is 4.85. The van der Waals surface area contributed by atoms with Gasteiger partial charge in [-0.3, -0.25) is 0 Å². The lowest BCUT2D eigenvalue weighted by atomic mass is 10.3. The van der Waals surface area contributed by atoms with Gasteiger partial charge >= 0.3 is 0 Å². The van der Waals surface area contributed by atoms with Gasteiger partial charge < -0.3 is 9.88 Å². The third-order valence-electron chi connectivity index (χ3n) is 3.76. The molecule has 5 heteroatoms. The lowest BCUT2D eigenvalue weighted by Crippen LogP contribution is -2.32. The van der Waals surface area contributed by atoms with E-state index in [2.05, 4.69) is 58.1 Å². The molecule has 1 unspecified atom stereocenters. The van der Waals surface area contributed by atoms with Gasteiger partial charge in [-0.2, -0.15) is 0 Å². The minimum absolute atomic E-state index is 0.425. The summed E-state index contributed by atoms with van der Waals surface area (Å²) in [5.74, 6) is 1.15. The Morgan fingerprint density at radius 3 is 3.00 bits per heavy atom. The molecule has 116 valence electrons. The number of para-hydroxylation sites is 1. The van der Waals surface area contributed by atoms with Gasteiger partial charge in [-0.1, -0.05) is 19.1 Å². The standard InChI is InChI=1S/C17H22N4S/c1-3-16-19-10-11-21(16)12-13(2)18-9-8-17-20-14-6-4-5-7-15(14)22-17/h4-7,10-11,13,18H,3,8-9,12H2,1-2H3. The molecule has 2 heterocycles. The number of nitrogens with zero attached hydrogens (tertiary/aromatic N) is 3. The topological polar surface area (TPSA) is 42.7 Å². The zero-order chi connectivity index (χ0) is 15.4. The maximum atomic E-state index is 4.68. The largest absolute Gasteiger partial charge is 0.333 e. The number of thiazole rings is 1. The van der Waals surface area contributed by atoms with Crippen LogP contribution in [0, 0.1) is 0 Å². The van der Waals surface area contributed by atoms with Crippen LogP contribution in [0.4, 0.5) is 0 Å². The maximum absolute atomic E-state index is 4.68. The molecule has 0 saturated carbocycles. The number of aromatic nitrogens is 3. The highest BCUT2D eigenvalue weighted by molar-refractivity contribution is 7.18. The fraction of sp³-hybridized carbons (Fsp3) is 0.412. The van der Waals surface area contributed by atoms with Gasteiger partial charge in [0, 0.05) is 44.4 Å². The van der Waals surface area contributed by atoms with E-state index >= 15 is 0 Å². The van der Waals surface area contributed by atoms with Crippen LogP contribution in [0.3, 0.4) is 0 Å². The summed E-state index contributed by atoms with van der Waals surface area (Å²) >= 11 is 1.79. The SMILES string of the molecule is CCc1nccn1CC(C)NCCc1nc2ccccc2s1. The number of aryl methyl sites for hydroxylation is 1. The number of imidazole rings is 1. The Morgan fingerprint density at radius 2 is 2.18 bits per heavy atom. The molecule has 0 aliphatic heterocycles. The van der Waals surface area contributed by atoms with Crippen molar-refractivity contribution in [2.75, 3.05) is 6.54 Å². The molecular weight excluding hydrogens is 292 g/mol. The first-order chi connectivity index (χ1) is 10.8. The van der Waals surface area contributed by atoms with Crippen molar-refractivity contribution in [2.45, 2.75) is 39.3 Å². The molecular formula is C17H22N4S. The number of nitrogens with one attached hydrogen (secondary N) is 1. The third kappa shape index (κ3) is 3.54. The molecule has 0 spiro atoms. The average Bonchev–Trinajstić information content (AvgIpc) is 3.12. The summed E-state index contributed by atoms with van der Waals surface area (Å²) in [7, 11) is 0. The Bertz CT molecular complexity index is 698. The van der Waals surface area contributed by atoms with Crippen LogP contribution in [0.25, 0.3) is 10.2 Å². The lowest BCUT2D eigenvalue weighted by molar-refractivity contribution is 0.471. The molecule has 3 aromatic rings. The van der Waals surface area contributed by atoms with Crippen molar-refractivity contribution in [2.24, 2.45) is 0 Å². The molecule has 1 aromatic carbocycles. The second kappa shape index (κ2) is 7.03. The first-order valence-corrected chi connectivity index (χ1v) is 8.65. The Balaban J connectivity index is 1.50. The van der Waals surface area contributed by atoms with Gasteiger partial charge in [-0.05, 0) is 19.1 Å². The van der Waals surface area contributed by atoms with Crippen LogP contribution in [0.1, 0.15) is 24.7 Å². The Labute approximate surface area is 135 Å². The quantitative estimate of drug-likeness (QED) is 0.728. The number of benzene rings is 1. The molecule has 0 amide bonds. The highest BCUT2D eigenvalue weighted by Gasteiger charge is 2.07. The third-order valence-corrected chi connectivity index (χ3v) is 4.85.